The van der Waals surface area contributed by atoms with Crippen molar-refractivity contribution < 1.29 is 9.47 Å². The molecule has 2 aliphatic rings. The Morgan fingerprint density at radius 3 is 1.73 bits per heavy atom. The van der Waals surface area contributed by atoms with Crippen molar-refractivity contribution in [2.24, 2.45) is 0 Å². The highest BCUT2D eigenvalue weighted by molar-refractivity contribution is 14.1. The Hall–Kier alpha value is -0.800. The third-order valence-corrected chi connectivity index (χ3v) is 11.8. The molecule has 0 amide bonds. The lowest BCUT2D eigenvalue weighted by atomic mass is 9.99. The highest BCUT2D eigenvalue weighted by atomic mass is 127. The van der Waals surface area contributed by atoms with Crippen LogP contribution < -0.4 is 14.8 Å². The molecule has 0 saturated heterocycles. The standard InChI is InChI=1S/C26H34IO2P/c1-28-23-17-10-18-24(29-2)25(23)21-15-9-16-22(27)26(21)30(19-11-5-3-6-12-19)20-13-7-4-8-14-20/h9-10,15-20H,3-8,11-14H2,1-2H3. The van der Waals surface area contributed by atoms with Gasteiger partial charge in [0.15, 0.2) is 0 Å². The van der Waals surface area contributed by atoms with E-state index >= 15 is 0 Å². The summed E-state index contributed by atoms with van der Waals surface area (Å²) in [4.78, 5) is 0. The molecule has 0 radical (unpaired) electrons. The van der Waals surface area contributed by atoms with E-state index in [1.807, 2.05) is 6.07 Å². The molecule has 0 spiro atoms. The van der Waals surface area contributed by atoms with Crippen molar-refractivity contribution in [1.29, 1.82) is 0 Å². The molecule has 4 heteroatoms. The van der Waals surface area contributed by atoms with Crippen molar-refractivity contribution in [3.63, 3.8) is 0 Å². The Kier molecular flexibility index (Phi) is 7.97. The third kappa shape index (κ3) is 4.67. The zero-order valence-electron chi connectivity index (χ0n) is 18.3. The number of ether oxygens (including phenoxy) is 2. The number of hydrogen-bond donors (Lipinski definition) is 0. The van der Waals surface area contributed by atoms with Crippen molar-refractivity contribution >= 4 is 35.8 Å². The average molecular weight is 536 g/mol. The molecule has 2 fully saturated rings. The zero-order valence-corrected chi connectivity index (χ0v) is 21.4. The van der Waals surface area contributed by atoms with Gasteiger partial charge >= 0.3 is 0 Å². The van der Waals surface area contributed by atoms with Gasteiger partial charge in [0, 0.05) is 3.57 Å². The molecule has 0 aliphatic heterocycles. The Bertz CT molecular complexity index is 801. The van der Waals surface area contributed by atoms with E-state index in [4.69, 9.17) is 9.47 Å². The number of benzene rings is 2. The summed E-state index contributed by atoms with van der Waals surface area (Å²) in [6, 6.07) is 13.0. The van der Waals surface area contributed by atoms with E-state index in [1.54, 1.807) is 19.5 Å². The van der Waals surface area contributed by atoms with E-state index in [9.17, 15) is 0 Å². The van der Waals surface area contributed by atoms with Crippen LogP contribution in [0.4, 0.5) is 0 Å². The molecule has 30 heavy (non-hydrogen) atoms. The van der Waals surface area contributed by atoms with Gasteiger partial charge in [-0.25, -0.2) is 0 Å². The first kappa shape index (κ1) is 22.4. The first-order valence-electron chi connectivity index (χ1n) is 11.5. The molecular formula is C26H34IO2P. The Labute approximate surface area is 197 Å². The topological polar surface area (TPSA) is 18.5 Å². The van der Waals surface area contributed by atoms with Gasteiger partial charge in [0.2, 0.25) is 0 Å². The zero-order chi connectivity index (χ0) is 20.9. The van der Waals surface area contributed by atoms with Crippen LogP contribution in [-0.4, -0.2) is 25.5 Å². The van der Waals surface area contributed by atoms with Gasteiger partial charge in [-0.2, -0.15) is 0 Å². The maximum Gasteiger partial charge on any atom is 0.130 e. The Morgan fingerprint density at radius 2 is 1.23 bits per heavy atom. The van der Waals surface area contributed by atoms with Crippen LogP contribution in [0.15, 0.2) is 36.4 Å². The van der Waals surface area contributed by atoms with Crippen molar-refractivity contribution in [3.8, 4) is 22.6 Å². The van der Waals surface area contributed by atoms with Crippen LogP contribution in [0.1, 0.15) is 64.2 Å². The number of methoxy groups -OCH3 is 2. The second kappa shape index (κ2) is 10.7. The van der Waals surface area contributed by atoms with E-state index in [0.29, 0.717) is 0 Å². The maximum atomic E-state index is 5.83. The predicted molar refractivity (Wildman–Crippen MR) is 138 cm³/mol. The molecule has 2 aromatic rings. The second-order valence-electron chi connectivity index (χ2n) is 8.66. The third-order valence-electron chi connectivity index (χ3n) is 6.88. The summed E-state index contributed by atoms with van der Waals surface area (Å²) >= 11 is 2.60. The van der Waals surface area contributed by atoms with Gasteiger partial charge in [0.05, 0.1) is 19.8 Å². The predicted octanol–water partition coefficient (Wildman–Crippen LogP) is 7.75. The summed E-state index contributed by atoms with van der Waals surface area (Å²) in [6.07, 6.45) is 14.1. The van der Waals surface area contributed by atoms with Crippen molar-refractivity contribution in [1.82, 2.24) is 0 Å². The summed E-state index contributed by atoms with van der Waals surface area (Å²) in [7, 11) is 3.34. The van der Waals surface area contributed by atoms with E-state index in [-0.39, 0.29) is 7.92 Å². The quantitative estimate of drug-likeness (QED) is 0.278. The molecule has 2 nitrogen and oxygen atoms in total. The lowest BCUT2D eigenvalue weighted by Crippen LogP contribution is -2.28. The lowest BCUT2D eigenvalue weighted by molar-refractivity contribution is 0.397. The van der Waals surface area contributed by atoms with Crippen LogP contribution in [0, 0.1) is 3.57 Å². The summed E-state index contributed by atoms with van der Waals surface area (Å²) in [5.41, 5.74) is 4.22. The minimum Gasteiger partial charge on any atom is -0.496 e. The van der Waals surface area contributed by atoms with Crippen LogP contribution in [0.25, 0.3) is 11.1 Å². The minimum atomic E-state index is -0.211. The van der Waals surface area contributed by atoms with E-state index < -0.39 is 0 Å². The first-order valence-corrected chi connectivity index (χ1v) is 14.1. The maximum absolute atomic E-state index is 5.83. The molecule has 0 aromatic heterocycles. The molecular weight excluding hydrogens is 502 g/mol. The van der Waals surface area contributed by atoms with Crippen molar-refractivity contribution in [3.05, 3.63) is 40.0 Å². The van der Waals surface area contributed by atoms with Gasteiger partial charge < -0.3 is 9.47 Å². The van der Waals surface area contributed by atoms with Crippen LogP contribution in [-0.2, 0) is 0 Å². The molecule has 0 bridgehead atoms. The van der Waals surface area contributed by atoms with Crippen LogP contribution in [0.5, 0.6) is 11.5 Å². The Balaban J connectivity index is 1.88. The molecule has 4 rings (SSSR count). The van der Waals surface area contributed by atoms with E-state index in [0.717, 1.165) is 28.4 Å². The fourth-order valence-corrected chi connectivity index (χ4v) is 10.8. The second-order valence-corrected chi connectivity index (χ2v) is 12.5. The highest BCUT2D eigenvalue weighted by Gasteiger charge is 2.35. The van der Waals surface area contributed by atoms with Gasteiger partial charge in [-0.3, -0.25) is 0 Å². The molecule has 2 aromatic carbocycles. The minimum absolute atomic E-state index is 0.211. The summed E-state index contributed by atoms with van der Waals surface area (Å²) < 4.78 is 13.1. The van der Waals surface area contributed by atoms with Gasteiger partial charge in [-0.05, 0) is 88.7 Å². The monoisotopic (exact) mass is 536 g/mol. The van der Waals surface area contributed by atoms with Gasteiger partial charge in [0.25, 0.3) is 0 Å². The van der Waals surface area contributed by atoms with Crippen LogP contribution >= 0.6 is 30.5 Å². The number of halogens is 1. The summed E-state index contributed by atoms with van der Waals surface area (Å²) in [6.45, 7) is 0. The van der Waals surface area contributed by atoms with Gasteiger partial charge in [0.1, 0.15) is 11.5 Å². The van der Waals surface area contributed by atoms with Crippen LogP contribution in [0.2, 0.25) is 0 Å². The van der Waals surface area contributed by atoms with E-state index in [1.165, 1.54) is 73.3 Å². The lowest BCUT2D eigenvalue weighted by Gasteiger charge is -2.40. The fraction of sp³-hybridized carbons (Fsp3) is 0.538. The average Bonchev–Trinajstić information content (AvgIpc) is 2.81. The van der Waals surface area contributed by atoms with Gasteiger partial charge in [-0.15, -0.1) is 0 Å². The molecule has 2 aliphatic carbocycles. The summed E-state index contributed by atoms with van der Waals surface area (Å²) in [5, 5.41) is 1.62. The molecule has 0 unspecified atom stereocenters. The summed E-state index contributed by atoms with van der Waals surface area (Å²) in [5.74, 6) is 1.83. The fourth-order valence-electron chi connectivity index (χ4n) is 5.48. The Morgan fingerprint density at radius 1 is 0.733 bits per heavy atom. The largest absolute Gasteiger partial charge is 0.496 e. The van der Waals surface area contributed by atoms with Gasteiger partial charge in [-0.1, -0.05) is 64.6 Å². The van der Waals surface area contributed by atoms with Crippen molar-refractivity contribution in [2.45, 2.75) is 75.5 Å². The van der Waals surface area contributed by atoms with E-state index in [2.05, 4.69) is 52.9 Å². The molecule has 2 saturated carbocycles. The van der Waals surface area contributed by atoms with Crippen molar-refractivity contribution in [2.75, 3.05) is 14.2 Å². The highest BCUT2D eigenvalue weighted by Crippen LogP contribution is 2.57. The molecule has 0 heterocycles. The SMILES string of the molecule is COc1cccc(OC)c1-c1cccc(I)c1P(C1CCCCC1)C1CCCCC1. The number of hydrogen-bond acceptors (Lipinski definition) is 2. The van der Waals surface area contributed by atoms with Crippen LogP contribution in [0.3, 0.4) is 0 Å². The molecule has 0 N–H and O–H groups in total. The number of rotatable bonds is 6. The molecule has 0 atom stereocenters. The molecule has 162 valence electrons. The smallest absolute Gasteiger partial charge is 0.130 e. The first-order chi connectivity index (χ1) is 14.7. The normalized spacial score (nSPS) is 18.5.